The van der Waals surface area contributed by atoms with E-state index in [1.54, 1.807) is 6.92 Å². The quantitative estimate of drug-likeness (QED) is 0.583. The Labute approximate surface area is 166 Å². The normalized spacial score (nSPS) is 16.7. The molecule has 0 N–H and O–H groups in total. The van der Waals surface area contributed by atoms with Gasteiger partial charge in [-0.15, -0.1) is 0 Å². The van der Waals surface area contributed by atoms with E-state index >= 15 is 0 Å². The molecule has 138 valence electrons. The predicted molar refractivity (Wildman–Crippen MR) is 114 cm³/mol. The third-order valence-corrected chi connectivity index (χ3v) is 5.79. The van der Waals surface area contributed by atoms with Crippen LogP contribution in [0.3, 0.4) is 0 Å². The molecule has 1 saturated heterocycles. The topological polar surface area (TPSA) is 20.3 Å². The first-order chi connectivity index (χ1) is 13.1. The molecular weight excluding hydrogens is 354 g/mol. The zero-order chi connectivity index (χ0) is 18.8. The van der Waals surface area contributed by atoms with Crippen molar-refractivity contribution in [3.63, 3.8) is 0 Å². The van der Waals surface area contributed by atoms with E-state index in [-0.39, 0.29) is 5.78 Å². The van der Waals surface area contributed by atoms with Crippen LogP contribution in [-0.4, -0.2) is 30.3 Å². The molecule has 0 aromatic heterocycles. The van der Waals surface area contributed by atoms with Crippen LogP contribution >= 0.6 is 11.6 Å². The standard InChI is InChI=1S/C24H24ClNO/c1-17(27)10-13-26-14-11-20(12-15-26)24-22-5-3-2-4-18(22)6-7-19-8-9-21(25)16-23(19)24/h2-9,16H,10-15H2,1H3. The molecule has 0 spiro atoms. The van der Waals surface area contributed by atoms with E-state index in [2.05, 4.69) is 53.5 Å². The third kappa shape index (κ3) is 3.92. The number of halogens is 1. The molecule has 4 rings (SSSR count). The highest BCUT2D eigenvalue weighted by Gasteiger charge is 2.22. The summed E-state index contributed by atoms with van der Waals surface area (Å²) in [5.41, 5.74) is 7.84. The number of ketones is 1. The highest BCUT2D eigenvalue weighted by Crippen LogP contribution is 2.39. The van der Waals surface area contributed by atoms with Crippen molar-refractivity contribution >= 4 is 35.1 Å². The summed E-state index contributed by atoms with van der Waals surface area (Å²) in [7, 11) is 0. The number of carbonyl (C=O) groups is 1. The highest BCUT2D eigenvalue weighted by molar-refractivity contribution is 6.30. The summed E-state index contributed by atoms with van der Waals surface area (Å²) in [5, 5.41) is 0.776. The summed E-state index contributed by atoms with van der Waals surface area (Å²) in [5.74, 6) is 0.270. The van der Waals surface area contributed by atoms with Gasteiger partial charge in [-0.2, -0.15) is 0 Å². The maximum Gasteiger partial charge on any atom is 0.131 e. The van der Waals surface area contributed by atoms with Gasteiger partial charge in [0.2, 0.25) is 0 Å². The fourth-order valence-electron chi connectivity index (χ4n) is 4.08. The van der Waals surface area contributed by atoms with Crippen LogP contribution in [0.2, 0.25) is 5.02 Å². The van der Waals surface area contributed by atoms with Gasteiger partial charge >= 0.3 is 0 Å². The average molecular weight is 378 g/mol. The van der Waals surface area contributed by atoms with Gasteiger partial charge in [0.15, 0.2) is 0 Å². The van der Waals surface area contributed by atoms with Crippen LogP contribution in [-0.2, 0) is 4.79 Å². The van der Waals surface area contributed by atoms with E-state index in [1.807, 2.05) is 6.07 Å². The lowest BCUT2D eigenvalue weighted by atomic mass is 9.86. The van der Waals surface area contributed by atoms with Crippen LogP contribution < -0.4 is 0 Å². The number of rotatable bonds is 3. The van der Waals surface area contributed by atoms with Crippen molar-refractivity contribution in [1.82, 2.24) is 4.90 Å². The van der Waals surface area contributed by atoms with Crippen molar-refractivity contribution in [2.24, 2.45) is 0 Å². The minimum Gasteiger partial charge on any atom is -0.302 e. The summed E-state index contributed by atoms with van der Waals surface area (Å²) < 4.78 is 0. The molecule has 0 amide bonds. The van der Waals surface area contributed by atoms with E-state index in [9.17, 15) is 4.79 Å². The first-order valence-corrected chi connectivity index (χ1v) is 10.0. The van der Waals surface area contributed by atoms with Crippen molar-refractivity contribution in [1.29, 1.82) is 0 Å². The van der Waals surface area contributed by atoms with Gasteiger partial charge in [0, 0.05) is 31.1 Å². The molecule has 2 nitrogen and oxygen atoms in total. The molecular formula is C24H24ClNO. The number of carbonyl (C=O) groups excluding carboxylic acids is 1. The zero-order valence-electron chi connectivity index (χ0n) is 15.7. The monoisotopic (exact) mass is 377 g/mol. The molecule has 0 bridgehead atoms. The lowest BCUT2D eigenvalue weighted by Crippen LogP contribution is -2.32. The average Bonchev–Trinajstić information content (AvgIpc) is 2.83. The van der Waals surface area contributed by atoms with E-state index in [1.165, 1.54) is 33.4 Å². The molecule has 1 heterocycles. The van der Waals surface area contributed by atoms with Crippen LogP contribution in [0, 0.1) is 0 Å². The Morgan fingerprint density at radius 3 is 2.44 bits per heavy atom. The van der Waals surface area contributed by atoms with Crippen LogP contribution in [0.4, 0.5) is 0 Å². The second kappa shape index (κ2) is 7.84. The van der Waals surface area contributed by atoms with Gasteiger partial charge in [-0.25, -0.2) is 0 Å². The van der Waals surface area contributed by atoms with Gasteiger partial charge in [-0.3, -0.25) is 4.79 Å². The number of benzene rings is 2. The summed E-state index contributed by atoms with van der Waals surface area (Å²) in [6.45, 7) is 4.57. The Bertz CT molecular complexity index is 931. The lowest BCUT2D eigenvalue weighted by Gasteiger charge is -2.30. The largest absolute Gasteiger partial charge is 0.302 e. The smallest absolute Gasteiger partial charge is 0.131 e. The van der Waals surface area contributed by atoms with E-state index < -0.39 is 0 Å². The first-order valence-electron chi connectivity index (χ1n) is 9.63. The number of hydrogen-bond acceptors (Lipinski definition) is 2. The Balaban J connectivity index is 1.74. The SMILES string of the molecule is CC(=O)CCN1CCC(=C2c3ccccc3C=Cc3ccc(Cl)cc32)CC1. The zero-order valence-corrected chi connectivity index (χ0v) is 16.4. The molecule has 2 aliphatic rings. The van der Waals surface area contributed by atoms with Gasteiger partial charge in [-0.1, -0.05) is 59.7 Å². The molecule has 0 radical (unpaired) electrons. The second-order valence-electron chi connectivity index (χ2n) is 7.42. The molecule has 0 unspecified atom stereocenters. The molecule has 0 saturated carbocycles. The molecule has 0 atom stereocenters. The number of fused-ring (bicyclic) bond motifs is 2. The first kappa shape index (κ1) is 18.2. The van der Waals surface area contributed by atoms with E-state index in [0.29, 0.717) is 6.42 Å². The van der Waals surface area contributed by atoms with E-state index in [4.69, 9.17) is 11.6 Å². The Morgan fingerprint density at radius 1 is 1.00 bits per heavy atom. The van der Waals surface area contributed by atoms with Crippen molar-refractivity contribution < 1.29 is 4.79 Å². The second-order valence-corrected chi connectivity index (χ2v) is 7.86. The molecule has 2 aromatic rings. The fourth-order valence-corrected chi connectivity index (χ4v) is 4.25. The van der Waals surface area contributed by atoms with Crippen LogP contribution in [0.1, 0.15) is 48.4 Å². The maximum absolute atomic E-state index is 11.3. The number of Topliss-reactive ketones (excluding diaryl/α,β-unsaturated/α-hetero) is 1. The van der Waals surface area contributed by atoms with E-state index in [0.717, 1.165) is 37.5 Å². The molecule has 1 fully saturated rings. The van der Waals surface area contributed by atoms with Gasteiger partial charge in [0.25, 0.3) is 0 Å². The van der Waals surface area contributed by atoms with Crippen LogP contribution in [0.5, 0.6) is 0 Å². The van der Waals surface area contributed by atoms with Crippen LogP contribution in [0.15, 0.2) is 48.0 Å². The molecule has 2 aromatic carbocycles. The maximum atomic E-state index is 11.3. The minimum absolute atomic E-state index is 0.270. The molecule has 27 heavy (non-hydrogen) atoms. The summed E-state index contributed by atoms with van der Waals surface area (Å²) in [4.78, 5) is 13.7. The number of nitrogens with zero attached hydrogens (tertiary/aromatic N) is 1. The fraction of sp³-hybridized carbons (Fsp3) is 0.292. The number of likely N-dealkylation sites (tertiary alicyclic amines) is 1. The van der Waals surface area contributed by atoms with Gasteiger partial charge < -0.3 is 4.90 Å². The Kier molecular flexibility index (Phi) is 5.29. The minimum atomic E-state index is 0.270. The highest BCUT2D eigenvalue weighted by atomic mass is 35.5. The van der Waals surface area contributed by atoms with Crippen molar-refractivity contribution in [3.8, 4) is 0 Å². The van der Waals surface area contributed by atoms with Gasteiger partial charge in [-0.05, 0) is 59.7 Å². The summed E-state index contributed by atoms with van der Waals surface area (Å²) in [6, 6.07) is 14.8. The van der Waals surface area contributed by atoms with Crippen molar-refractivity contribution in [2.75, 3.05) is 19.6 Å². The predicted octanol–water partition coefficient (Wildman–Crippen LogP) is 5.70. The van der Waals surface area contributed by atoms with Crippen molar-refractivity contribution in [2.45, 2.75) is 26.2 Å². The van der Waals surface area contributed by atoms with Gasteiger partial charge in [0.05, 0.1) is 0 Å². The molecule has 3 heteroatoms. The lowest BCUT2D eigenvalue weighted by molar-refractivity contribution is -0.117. The van der Waals surface area contributed by atoms with Gasteiger partial charge in [0.1, 0.15) is 5.78 Å². The van der Waals surface area contributed by atoms with Crippen molar-refractivity contribution in [3.05, 3.63) is 75.3 Å². The Hall–Kier alpha value is -2.16. The number of hydrogen-bond donors (Lipinski definition) is 0. The summed E-state index contributed by atoms with van der Waals surface area (Å²) >= 11 is 6.37. The molecule has 1 aliphatic heterocycles. The number of piperidine rings is 1. The molecule has 1 aliphatic carbocycles. The Morgan fingerprint density at radius 2 is 1.70 bits per heavy atom. The van der Waals surface area contributed by atoms with Crippen LogP contribution in [0.25, 0.3) is 17.7 Å². The third-order valence-electron chi connectivity index (χ3n) is 5.55. The summed E-state index contributed by atoms with van der Waals surface area (Å²) in [6.07, 6.45) is 7.12.